The van der Waals surface area contributed by atoms with Crippen LogP contribution in [0.25, 0.3) is 0 Å². The van der Waals surface area contributed by atoms with Crippen molar-refractivity contribution >= 4 is 17.5 Å². The standard InChI is InChI=1S/C16H23N3O2/c1-11-6-3-4-9-19(11)15(20)10-18-14-8-5-7-13(12(14)2)16(17)21/h5,7-8,11,18H,3-4,6,9-10H2,1-2H3,(H2,17,21). The first kappa shape index (κ1) is 15.4. The average molecular weight is 289 g/mol. The highest BCUT2D eigenvalue weighted by Crippen LogP contribution is 2.20. The van der Waals surface area contributed by atoms with Crippen molar-refractivity contribution in [2.75, 3.05) is 18.4 Å². The predicted molar refractivity (Wildman–Crippen MR) is 83.2 cm³/mol. The molecule has 1 aromatic carbocycles. The highest BCUT2D eigenvalue weighted by atomic mass is 16.2. The number of hydrogen-bond acceptors (Lipinski definition) is 3. The Kier molecular flexibility index (Phi) is 4.83. The summed E-state index contributed by atoms with van der Waals surface area (Å²) >= 11 is 0. The fourth-order valence-electron chi connectivity index (χ4n) is 2.84. The molecule has 3 N–H and O–H groups in total. The highest BCUT2D eigenvalue weighted by molar-refractivity contribution is 5.96. The number of primary amides is 1. The number of anilines is 1. The number of likely N-dealkylation sites (tertiary alicyclic amines) is 1. The molecule has 2 amide bonds. The van der Waals surface area contributed by atoms with E-state index < -0.39 is 5.91 Å². The van der Waals surface area contributed by atoms with E-state index in [1.807, 2.05) is 17.9 Å². The number of nitrogens with zero attached hydrogens (tertiary/aromatic N) is 1. The monoisotopic (exact) mass is 289 g/mol. The Balaban J connectivity index is 2.01. The van der Waals surface area contributed by atoms with Crippen molar-refractivity contribution < 1.29 is 9.59 Å². The molecular weight excluding hydrogens is 266 g/mol. The van der Waals surface area contributed by atoms with Crippen molar-refractivity contribution in [3.8, 4) is 0 Å². The first-order chi connectivity index (χ1) is 10.0. The van der Waals surface area contributed by atoms with Crippen LogP contribution < -0.4 is 11.1 Å². The molecule has 1 aliphatic rings. The summed E-state index contributed by atoms with van der Waals surface area (Å²) in [5.41, 5.74) is 7.38. The largest absolute Gasteiger partial charge is 0.376 e. The number of nitrogens with two attached hydrogens (primary N) is 1. The van der Waals surface area contributed by atoms with Gasteiger partial charge < -0.3 is 16.0 Å². The van der Waals surface area contributed by atoms with Crippen molar-refractivity contribution in [3.63, 3.8) is 0 Å². The van der Waals surface area contributed by atoms with Gasteiger partial charge in [-0.1, -0.05) is 6.07 Å². The maximum absolute atomic E-state index is 12.3. The summed E-state index contributed by atoms with van der Waals surface area (Å²) in [6.07, 6.45) is 3.34. The molecule has 21 heavy (non-hydrogen) atoms. The minimum Gasteiger partial charge on any atom is -0.376 e. The van der Waals surface area contributed by atoms with E-state index in [4.69, 9.17) is 5.73 Å². The zero-order valence-electron chi connectivity index (χ0n) is 12.7. The number of carbonyl (C=O) groups excluding carboxylic acids is 2. The number of carbonyl (C=O) groups is 2. The minimum absolute atomic E-state index is 0.103. The molecule has 5 nitrogen and oxygen atoms in total. The Bertz CT molecular complexity index is 542. The Morgan fingerprint density at radius 2 is 2.14 bits per heavy atom. The Hall–Kier alpha value is -2.04. The third-order valence-electron chi connectivity index (χ3n) is 4.15. The quantitative estimate of drug-likeness (QED) is 0.889. The van der Waals surface area contributed by atoms with Crippen molar-refractivity contribution in [1.29, 1.82) is 0 Å². The first-order valence-electron chi connectivity index (χ1n) is 7.43. The van der Waals surface area contributed by atoms with E-state index >= 15 is 0 Å². The molecule has 1 atom stereocenters. The second kappa shape index (κ2) is 6.61. The lowest BCUT2D eigenvalue weighted by atomic mass is 10.0. The summed E-state index contributed by atoms with van der Waals surface area (Å²) < 4.78 is 0. The van der Waals surface area contributed by atoms with Crippen LogP contribution in [0.5, 0.6) is 0 Å². The second-order valence-electron chi connectivity index (χ2n) is 5.63. The van der Waals surface area contributed by atoms with E-state index in [0.29, 0.717) is 11.6 Å². The van der Waals surface area contributed by atoms with E-state index in [1.54, 1.807) is 12.1 Å². The van der Waals surface area contributed by atoms with Gasteiger partial charge in [0.1, 0.15) is 0 Å². The average Bonchev–Trinajstić information content (AvgIpc) is 2.46. The van der Waals surface area contributed by atoms with Gasteiger partial charge in [0.25, 0.3) is 0 Å². The van der Waals surface area contributed by atoms with Crippen LogP contribution in [-0.2, 0) is 4.79 Å². The second-order valence-corrected chi connectivity index (χ2v) is 5.63. The predicted octanol–water partition coefficient (Wildman–Crippen LogP) is 1.91. The Labute approximate surface area is 125 Å². The van der Waals surface area contributed by atoms with Crippen LogP contribution in [-0.4, -0.2) is 35.8 Å². The van der Waals surface area contributed by atoms with Crippen molar-refractivity contribution in [1.82, 2.24) is 4.90 Å². The highest BCUT2D eigenvalue weighted by Gasteiger charge is 2.22. The lowest BCUT2D eigenvalue weighted by Crippen LogP contribution is -2.44. The van der Waals surface area contributed by atoms with E-state index in [-0.39, 0.29) is 12.5 Å². The molecule has 0 aromatic heterocycles. The van der Waals surface area contributed by atoms with Gasteiger partial charge in [0.2, 0.25) is 11.8 Å². The summed E-state index contributed by atoms with van der Waals surface area (Å²) in [6.45, 7) is 5.00. The number of amides is 2. The molecule has 0 bridgehead atoms. The first-order valence-corrected chi connectivity index (χ1v) is 7.43. The molecule has 1 aliphatic heterocycles. The normalized spacial score (nSPS) is 18.4. The smallest absolute Gasteiger partial charge is 0.249 e. The molecule has 0 aliphatic carbocycles. The molecule has 1 heterocycles. The molecule has 0 saturated carbocycles. The summed E-state index contributed by atoms with van der Waals surface area (Å²) in [4.78, 5) is 25.5. The van der Waals surface area contributed by atoms with Gasteiger partial charge in [0.15, 0.2) is 0 Å². The lowest BCUT2D eigenvalue weighted by Gasteiger charge is -2.33. The number of nitrogens with one attached hydrogen (secondary N) is 1. The molecule has 2 rings (SSSR count). The fraction of sp³-hybridized carbons (Fsp3) is 0.500. The molecule has 5 heteroatoms. The molecule has 1 unspecified atom stereocenters. The van der Waals surface area contributed by atoms with Crippen molar-refractivity contribution in [3.05, 3.63) is 29.3 Å². The third-order valence-corrected chi connectivity index (χ3v) is 4.15. The number of rotatable bonds is 4. The van der Waals surface area contributed by atoms with Crippen LogP contribution in [0.15, 0.2) is 18.2 Å². The zero-order valence-corrected chi connectivity index (χ0v) is 12.7. The van der Waals surface area contributed by atoms with Gasteiger partial charge in [-0.25, -0.2) is 0 Å². The van der Waals surface area contributed by atoms with E-state index in [0.717, 1.165) is 30.6 Å². The third kappa shape index (κ3) is 3.54. The molecular formula is C16H23N3O2. The number of benzene rings is 1. The molecule has 0 radical (unpaired) electrons. The zero-order chi connectivity index (χ0) is 15.4. The fourth-order valence-corrected chi connectivity index (χ4v) is 2.84. The molecule has 1 saturated heterocycles. The maximum atomic E-state index is 12.3. The van der Waals surface area contributed by atoms with E-state index in [9.17, 15) is 9.59 Å². The van der Waals surface area contributed by atoms with Crippen LogP contribution in [0.3, 0.4) is 0 Å². The van der Waals surface area contributed by atoms with Crippen LogP contribution >= 0.6 is 0 Å². The van der Waals surface area contributed by atoms with Crippen molar-refractivity contribution in [2.45, 2.75) is 39.2 Å². The topological polar surface area (TPSA) is 75.4 Å². The Morgan fingerprint density at radius 3 is 2.81 bits per heavy atom. The Morgan fingerprint density at radius 1 is 1.38 bits per heavy atom. The van der Waals surface area contributed by atoms with E-state index in [1.165, 1.54) is 6.42 Å². The molecule has 1 aromatic rings. The SMILES string of the molecule is Cc1c(NCC(=O)N2CCCCC2C)cccc1C(N)=O. The minimum atomic E-state index is -0.452. The lowest BCUT2D eigenvalue weighted by molar-refractivity contribution is -0.132. The summed E-state index contributed by atoms with van der Waals surface area (Å²) in [5, 5.41) is 3.13. The van der Waals surface area contributed by atoms with Crippen LogP contribution in [0, 0.1) is 6.92 Å². The van der Waals surface area contributed by atoms with Crippen LogP contribution in [0.1, 0.15) is 42.1 Å². The van der Waals surface area contributed by atoms with Crippen LogP contribution in [0.4, 0.5) is 5.69 Å². The number of piperidine rings is 1. The van der Waals surface area contributed by atoms with E-state index in [2.05, 4.69) is 12.2 Å². The van der Waals surface area contributed by atoms with Gasteiger partial charge >= 0.3 is 0 Å². The van der Waals surface area contributed by atoms with Gasteiger partial charge in [-0.3, -0.25) is 9.59 Å². The van der Waals surface area contributed by atoms with Crippen molar-refractivity contribution in [2.24, 2.45) is 5.73 Å². The van der Waals surface area contributed by atoms with Crippen LogP contribution in [0.2, 0.25) is 0 Å². The van der Waals surface area contributed by atoms with Gasteiger partial charge in [-0.15, -0.1) is 0 Å². The summed E-state index contributed by atoms with van der Waals surface area (Å²) in [6, 6.07) is 5.63. The van der Waals surface area contributed by atoms with Gasteiger partial charge in [-0.2, -0.15) is 0 Å². The number of hydrogen-bond donors (Lipinski definition) is 2. The molecule has 1 fully saturated rings. The van der Waals surface area contributed by atoms with Gasteiger partial charge in [0.05, 0.1) is 6.54 Å². The molecule has 0 spiro atoms. The van der Waals surface area contributed by atoms with Gasteiger partial charge in [-0.05, 0) is 50.8 Å². The maximum Gasteiger partial charge on any atom is 0.249 e. The van der Waals surface area contributed by atoms with Gasteiger partial charge in [0, 0.05) is 23.8 Å². The summed E-state index contributed by atoms with van der Waals surface area (Å²) in [7, 11) is 0. The summed E-state index contributed by atoms with van der Waals surface area (Å²) in [5.74, 6) is -0.349. The molecule has 114 valence electrons.